The number of hydrogen-bond acceptors (Lipinski definition) is 3. The monoisotopic (exact) mass is 252 g/mol. The second-order valence-corrected chi connectivity index (χ2v) is 4.22. The van der Waals surface area contributed by atoms with E-state index in [9.17, 15) is 4.79 Å². The summed E-state index contributed by atoms with van der Waals surface area (Å²) in [5, 5.41) is 0. The van der Waals surface area contributed by atoms with Crippen LogP contribution in [-0.2, 0) is 0 Å². The summed E-state index contributed by atoms with van der Waals surface area (Å²) in [5.41, 5.74) is 14.1. The summed E-state index contributed by atoms with van der Waals surface area (Å²) in [4.78, 5) is 15.6. The van der Waals surface area contributed by atoms with E-state index in [0.717, 1.165) is 5.56 Å². The first kappa shape index (κ1) is 11.3. The third-order valence-corrected chi connectivity index (χ3v) is 2.99. The Morgan fingerprint density at radius 2 is 1.84 bits per heavy atom. The summed E-state index contributed by atoms with van der Waals surface area (Å²) in [6.45, 7) is 0. The van der Waals surface area contributed by atoms with Crippen LogP contribution in [0.25, 0.3) is 16.9 Å². The van der Waals surface area contributed by atoms with Crippen molar-refractivity contribution >= 4 is 17.4 Å². The van der Waals surface area contributed by atoms with Gasteiger partial charge in [-0.1, -0.05) is 30.3 Å². The van der Waals surface area contributed by atoms with E-state index in [4.69, 9.17) is 11.5 Å². The SMILES string of the molecule is NC(=O)c1ccc2nc(-c3ccccc3)c(N)n2c1. The van der Waals surface area contributed by atoms with E-state index in [-0.39, 0.29) is 0 Å². The van der Waals surface area contributed by atoms with E-state index >= 15 is 0 Å². The lowest BCUT2D eigenvalue weighted by atomic mass is 10.1. The molecule has 0 aliphatic heterocycles. The standard InChI is InChI=1S/C14H12N4O/c15-13-12(9-4-2-1-3-5-9)17-11-7-6-10(14(16)19)8-18(11)13/h1-8H,15H2,(H2,16,19). The van der Waals surface area contributed by atoms with Crippen molar-refractivity contribution in [2.75, 3.05) is 5.73 Å². The fourth-order valence-electron chi connectivity index (χ4n) is 2.02. The lowest BCUT2D eigenvalue weighted by Crippen LogP contribution is -2.11. The van der Waals surface area contributed by atoms with Crippen molar-refractivity contribution in [1.82, 2.24) is 9.38 Å². The predicted octanol–water partition coefficient (Wildman–Crippen LogP) is 1.68. The van der Waals surface area contributed by atoms with Gasteiger partial charge in [0.15, 0.2) is 0 Å². The van der Waals surface area contributed by atoms with Gasteiger partial charge in [-0.2, -0.15) is 0 Å². The summed E-state index contributed by atoms with van der Waals surface area (Å²) in [7, 11) is 0. The van der Waals surface area contributed by atoms with Crippen LogP contribution in [0, 0.1) is 0 Å². The van der Waals surface area contributed by atoms with Gasteiger partial charge in [-0.15, -0.1) is 0 Å². The molecule has 5 nitrogen and oxygen atoms in total. The lowest BCUT2D eigenvalue weighted by Gasteiger charge is -2.00. The highest BCUT2D eigenvalue weighted by Gasteiger charge is 2.12. The van der Waals surface area contributed by atoms with E-state index in [2.05, 4.69) is 4.98 Å². The Labute approximate surface area is 109 Å². The Kier molecular flexibility index (Phi) is 2.45. The minimum absolute atomic E-state index is 0.399. The number of carbonyl (C=O) groups is 1. The number of amides is 1. The maximum atomic E-state index is 11.2. The largest absolute Gasteiger partial charge is 0.383 e. The highest BCUT2D eigenvalue weighted by Crippen LogP contribution is 2.26. The molecular formula is C14H12N4O. The van der Waals surface area contributed by atoms with Crippen molar-refractivity contribution in [1.29, 1.82) is 0 Å². The van der Waals surface area contributed by atoms with Crippen LogP contribution in [0.15, 0.2) is 48.7 Å². The normalized spacial score (nSPS) is 10.7. The first-order chi connectivity index (χ1) is 9.16. The number of aromatic nitrogens is 2. The van der Waals surface area contributed by atoms with Crippen molar-refractivity contribution in [2.24, 2.45) is 5.73 Å². The van der Waals surface area contributed by atoms with Gasteiger partial charge in [0.2, 0.25) is 5.91 Å². The van der Waals surface area contributed by atoms with Crippen LogP contribution in [0.4, 0.5) is 5.82 Å². The molecule has 3 aromatic rings. The molecule has 1 amide bonds. The van der Waals surface area contributed by atoms with E-state index < -0.39 is 5.91 Å². The Bertz CT molecular complexity index is 762. The van der Waals surface area contributed by atoms with Crippen molar-refractivity contribution in [3.63, 3.8) is 0 Å². The summed E-state index contributed by atoms with van der Waals surface area (Å²) in [5.74, 6) is 0.000520. The number of fused-ring (bicyclic) bond motifs is 1. The minimum atomic E-state index is -0.490. The number of rotatable bonds is 2. The van der Waals surface area contributed by atoms with Crippen molar-refractivity contribution in [3.05, 3.63) is 54.2 Å². The van der Waals surface area contributed by atoms with Crippen molar-refractivity contribution in [3.8, 4) is 11.3 Å². The number of benzene rings is 1. The van der Waals surface area contributed by atoms with Gasteiger partial charge in [-0.05, 0) is 12.1 Å². The second kappa shape index (κ2) is 4.13. The number of nitrogens with zero attached hydrogens (tertiary/aromatic N) is 2. The van der Waals surface area contributed by atoms with E-state index in [1.165, 1.54) is 0 Å². The Balaban J connectivity index is 2.24. The number of pyridine rings is 1. The van der Waals surface area contributed by atoms with Gasteiger partial charge < -0.3 is 11.5 Å². The van der Waals surface area contributed by atoms with Crippen LogP contribution < -0.4 is 11.5 Å². The number of nitrogen functional groups attached to an aromatic ring is 1. The lowest BCUT2D eigenvalue weighted by molar-refractivity contribution is 0.1000. The molecule has 19 heavy (non-hydrogen) atoms. The quantitative estimate of drug-likeness (QED) is 0.727. The van der Waals surface area contributed by atoms with Crippen molar-refractivity contribution in [2.45, 2.75) is 0 Å². The average Bonchev–Trinajstić information content (AvgIpc) is 2.77. The smallest absolute Gasteiger partial charge is 0.250 e. The number of anilines is 1. The maximum Gasteiger partial charge on any atom is 0.250 e. The van der Waals surface area contributed by atoms with Gasteiger partial charge in [-0.25, -0.2) is 4.98 Å². The molecule has 0 fully saturated rings. The maximum absolute atomic E-state index is 11.2. The number of imidazole rings is 1. The van der Waals surface area contributed by atoms with Crippen LogP contribution in [0.3, 0.4) is 0 Å². The molecule has 2 aromatic heterocycles. The molecular weight excluding hydrogens is 240 g/mol. The van der Waals surface area contributed by atoms with Crippen LogP contribution in [0.1, 0.15) is 10.4 Å². The van der Waals surface area contributed by atoms with Gasteiger partial charge in [0.25, 0.3) is 0 Å². The second-order valence-electron chi connectivity index (χ2n) is 4.22. The molecule has 2 heterocycles. The van der Waals surface area contributed by atoms with Gasteiger partial charge in [0, 0.05) is 11.8 Å². The Hall–Kier alpha value is -2.82. The highest BCUT2D eigenvalue weighted by atomic mass is 16.1. The molecule has 0 unspecified atom stereocenters. The van der Waals surface area contributed by atoms with Crippen LogP contribution in [0.2, 0.25) is 0 Å². The van der Waals surface area contributed by atoms with Gasteiger partial charge >= 0.3 is 0 Å². The van der Waals surface area contributed by atoms with Crippen LogP contribution in [0.5, 0.6) is 0 Å². The Morgan fingerprint density at radius 3 is 2.53 bits per heavy atom. The molecule has 4 N–H and O–H groups in total. The summed E-state index contributed by atoms with van der Waals surface area (Å²) in [6.07, 6.45) is 1.60. The van der Waals surface area contributed by atoms with Crippen LogP contribution >= 0.6 is 0 Å². The van der Waals surface area contributed by atoms with Gasteiger partial charge in [0.1, 0.15) is 17.2 Å². The molecule has 0 spiro atoms. The molecule has 0 aliphatic carbocycles. The zero-order valence-electron chi connectivity index (χ0n) is 10.1. The first-order valence-electron chi connectivity index (χ1n) is 5.79. The molecule has 0 aliphatic rings. The van der Waals surface area contributed by atoms with E-state index in [1.54, 1.807) is 22.7 Å². The van der Waals surface area contributed by atoms with Crippen LogP contribution in [-0.4, -0.2) is 15.3 Å². The fraction of sp³-hybridized carbons (Fsp3) is 0. The molecule has 5 heteroatoms. The number of nitrogens with two attached hydrogens (primary N) is 2. The van der Waals surface area contributed by atoms with E-state index in [0.29, 0.717) is 22.7 Å². The third-order valence-electron chi connectivity index (χ3n) is 2.99. The topological polar surface area (TPSA) is 86.4 Å². The van der Waals surface area contributed by atoms with E-state index in [1.807, 2.05) is 30.3 Å². The number of carbonyl (C=O) groups excluding carboxylic acids is 1. The summed E-state index contributed by atoms with van der Waals surface area (Å²) < 4.78 is 1.67. The zero-order valence-corrected chi connectivity index (χ0v) is 10.1. The predicted molar refractivity (Wildman–Crippen MR) is 73.6 cm³/mol. The zero-order chi connectivity index (χ0) is 13.4. The molecule has 0 saturated heterocycles. The molecule has 0 bridgehead atoms. The van der Waals surface area contributed by atoms with Gasteiger partial charge in [-0.3, -0.25) is 9.20 Å². The molecule has 3 rings (SSSR count). The highest BCUT2D eigenvalue weighted by molar-refractivity contribution is 5.93. The summed E-state index contributed by atoms with van der Waals surface area (Å²) in [6, 6.07) is 13.0. The first-order valence-corrected chi connectivity index (χ1v) is 5.79. The minimum Gasteiger partial charge on any atom is -0.383 e. The molecule has 0 radical (unpaired) electrons. The molecule has 1 aromatic carbocycles. The average molecular weight is 252 g/mol. The molecule has 0 atom stereocenters. The number of primary amides is 1. The summed E-state index contributed by atoms with van der Waals surface area (Å²) >= 11 is 0. The number of hydrogen-bond donors (Lipinski definition) is 2. The molecule has 94 valence electrons. The Morgan fingerprint density at radius 1 is 1.11 bits per heavy atom. The third kappa shape index (κ3) is 1.81. The van der Waals surface area contributed by atoms with Gasteiger partial charge in [0.05, 0.1) is 5.56 Å². The fourth-order valence-corrected chi connectivity index (χ4v) is 2.02. The molecule has 0 saturated carbocycles. The van der Waals surface area contributed by atoms with Crippen molar-refractivity contribution < 1.29 is 4.79 Å².